The molecule has 2 aliphatic carbocycles. The number of rotatable bonds is 9. The molecular formula is C22H40O3Si. The lowest BCUT2D eigenvalue weighted by Crippen LogP contribution is -2.38. The Morgan fingerprint density at radius 3 is 2.65 bits per heavy atom. The van der Waals surface area contributed by atoms with Crippen molar-refractivity contribution in [3.8, 4) is 0 Å². The molecule has 0 aromatic heterocycles. The van der Waals surface area contributed by atoms with E-state index in [-0.39, 0.29) is 16.9 Å². The molecule has 0 aromatic carbocycles. The van der Waals surface area contributed by atoms with Gasteiger partial charge in [-0.25, -0.2) is 0 Å². The number of carbonyl (C=O) groups is 1. The molecule has 3 atom stereocenters. The molecule has 2 rings (SSSR count). The van der Waals surface area contributed by atoms with Gasteiger partial charge in [-0.05, 0) is 88.9 Å². The smallest absolute Gasteiger partial charge is 0.184 e. The third-order valence-electron chi connectivity index (χ3n) is 6.29. The fraction of sp³-hybridized carbons (Fsp3) is 0.864. The van der Waals surface area contributed by atoms with Crippen LogP contribution in [0.25, 0.3) is 0 Å². The van der Waals surface area contributed by atoms with Crippen molar-refractivity contribution in [1.29, 1.82) is 0 Å². The van der Waals surface area contributed by atoms with E-state index in [0.29, 0.717) is 18.3 Å². The molecule has 2 saturated carbocycles. The molecule has 2 aliphatic rings. The van der Waals surface area contributed by atoms with E-state index < -0.39 is 8.32 Å². The quantitative estimate of drug-likeness (QED) is 0.290. The highest BCUT2D eigenvalue weighted by Crippen LogP contribution is 2.56. The molecule has 2 fully saturated rings. The molecule has 150 valence electrons. The first-order valence-electron chi connectivity index (χ1n) is 10.4. The van der Waals surface area contributed by atoms with E-state index in [1.807, 2.05) is 0 Å². The number of ketones is 1. The van der Waals surface area contributed by atoms with Crippen LogP contribution in [0.2, 0.25) is 19.6 Å². The maximum absolute atomic E-state index is 12.3. The van der Waals surface area contributed by atoms with Crippen LogP contribution in [0.5, 0.6) is 0 Å². The second kappa shape index (κ2) is 8.28. The van der Waals surface area contributed by atoms with E-state index in [0.717, 1.165) is 51.6 Å². The average molecular weight is 381 g/mol. The second-order valence-electron chi connectivity index (χ2n) is 10.3. The van der Waals surface area contributed by atoms with Crippen LogP contribution < -0.4 is 0 Å². The summed E-state index contributed by atoms with van der Waals surface area (Å²) in [5.41, 5.74) is 1.25. The Hall–Kier alpha value is -0.453. The topological polar surface area (TPSA) is 35.5 Å². The Kier molecular flexibility index (Phi) is 6.95. The number of hydrogen-bond donors (Lipinski definition) is 0. The van der Waals surface area contributed by atoms with Gasteiger partial charge in [0.2, 0.25) is 0 Å². The van der Waals surface area contributed by atoms with Gasteiger partial charge >= 0.3 is 0 Å². The van der Waals surface area contributed by atoms with Crippen LogP contribution in [0, 0.1) is 17.3 Å². The molecule has 0 aliphatic heterocycles. The van der Waals surface area contributed by atoms with Crippen molar-refractivity contribution in [2.45, 2.75) is 91.0 Å². The molecule has 0 heterocycles. The molecule has 0 N–H and O–H groups in total. The van der Waals surface area contributed by atoms with Crippen LogP contribution in [0.1, 0.15) is 65.7 Å². The summed E-state index contributed by atoms with van der Waals surface area (Å²) in [7, 11) is -1.51. The van der Waals surface area contributed by atoms with Gasteiger partial charge in [0, 0.05) is 18.9 Å². The highest BCUT2D eigenvalue weighted by molar-refractivity contribution is 6.69. The molecule has 0 unspecified atom stereocenters. The van der Waals surface area contributed by atoms with Crippen LogP contribution in [-0.4, -0.2) is 32.9 Å². The van der Waals surface area contributed by atoms with Gasteiger partial charge in [-0.15, -0.1) is 0 Å². The number of carbonyl (C=O) groups excluding carboxylic acids is 1. The molecule has 26 heavy (non-hydrogen) atoms. The molecule has 0 saturated heterocycles. The lowest BCUT2D eigenvalue weighted by Gasteiger charge is -2.40. The molecule has 0 bridgehead atoms. The van der Waals surface area contributed by atoms with Gasteiger partial charge < -0.3 is 9.16 Å². The summed E-state index contributed by atoms with van der Waals surface area (Å²) < 4.78 is 12.2. The lowest BCUT2D eigenvalue weighted by atomic mass is 9.63. The van der Waals surface area contributed by atoms with Gasteiger partial charge in [0.15, 0.2) is 8.32 Å². The van der Waals surface area contributed by atoms with Gasteiger partial charge in [0.1, 0.15) is 5.78 Å². The zero-order valence-corrected chi connectivity index (χ0v) is 19.0. The van der Waals surface area contributed by atoms with Gasteiger partial charge in [0.05, 0.1) is 12.2 Å². The minimum Gasteiger partial charge on any atom is -0.413 e. The monoisotopic (exact) mass is 380 g/mol. The summed E-state index contributed by atoms with van der Waals surface area (Å²) in [6.45, 7) is 19.1. The van der Waals surface area contributed by atoms with E-state index in [1.165, 1.54) is 5.57 Å². The molecule has 4 heteroatoms. The third kappa shape index (κ3) is 5.52. The Bertz CT molecular complexity index is 520. The van der Waals surface area contributed by atoms with Crippen molar-refractivity contribution in [2.75, 3.05) is 13.2 Å². The standard InChI is InChI=1S/C22H40O3Si/c1-17(16-24-15-9-13-21(2,3)25-26(5,6)7)18-11-12-19-20(23)10-8-14-22(18,19)4/h18-19H,1,8-16H2,2-7H3/t18-,19+,22-/m1/s1. The minimum atomic E-state index is -1.51. The van der Waals surface area contributed by atoms with Gasteiger partial charge in [-0.2, -0.15) is 0 Å². The predicted octanol–water partition coefficient (Wildman–Crippen LogP) is 5.76. The van der Waals surface area contributed by atoms with Crippen LogP contribution >= 0.6 is 0 Å². The maximum atomic E-state index is 12.3. The predicted molar refractivity (Wildman–Crippen MR) is 111 cm³/mol. The summed E-state index contributed by atoms with van der Waals surface area (Å²) in [6, 6.07) is 0. The zero-order valence-electron chi connectivity index (χ0n) is 18.0. The number of Topliss-reactive ketones (excluding diaryl/α,β-unsaturated/α-hetero) is 1. The minimum absolute atomic E-state index is 0.0700. The summed E-state index contributed by atoms with van der Waals surface area (Å²) in [5, 5.41) is 0. The first-order valence-corrected chi connectivity index (χ1v) is 13.8. The molecule has 0 radical (unpaired) electrons. The number of ether oxygens (including phenoxy) is 1. The van der Waals surface area contributed by atoms with E-state index >= 15 is 0 Å². The normalized spacial score (nSPS) is 29.7. The van der Waals surface area contributed by atoms with Crippen LogP contribution in [-0.2, 0) is 14.0 Å². The lowest BCUT2D eigenvalue weighted by molar-refractivity contribution is -0.129. The van der Waals surface area contributed by atoms with E-state index in [9.17, 15) is 4.79 Å². The highest BCUT2D eigenvalue weighted by atomic mass is 28.4. The fourth-order valence-electron chi connectivity index (χ4n) is 5.38. The zero-order chi connectivity index (χ0) is 19.6. The van der Waals surface area contributed by atoms with Crippen molar-refractivity contribution in [1.82, 2.24) is 0 Å². The third-order valence-corrected chi connectivity index (χ3v) is 7.46. The highest BCUT2D eigenvalue weighted by Gasteiger charge is 2.51. The number of fused-ring (bicyclic) bond motifs is 1. The van der Waals surface area contributed by atoms with E-state index in [2.05, 4.69) is 47.0 Å². The van der Waals surface area contributed by atoms with Gasteiger partial charge in [-0.1, -0.05) is 13.5 Å². The van der Waals surface area contributed by atoms with E-state index in [1.54, 1.807) is 0 Å². The maximum Gasteiger partial charge on any atom is 0.184 e. The van der Waals surface area contributed by atoms with Crippen molar-refractivity contribution >= 4 is 14.1 Å². The summed E-state index contributed by atoms with van der Waals surface area (Å²) in [6.07, 6.45) is 7.16. The Morgan fingerprint density at radius 2 is 2.00 bits per heavy atom. The Balaban J connectivity index is 1.73. The molecule has 0 spiro atoms. The summed E-state index contributed by atoms with van der Waals surface area (Å²) >= 11 is 0. The molecule has 0 aromatic rings. The van der Waals surface area contributed by atoms with Gasteiger partial charge in [0.25, 0.3) is 0 Å². The SMILES string of the molecule is C=C(COCCCC(C)(C)O[Si](C)(C)C)[C@H]1CC[C@H]2C(=O)CCC[C@]12C. The van der Waals surface area contributed by atoms with E-state index in [4.69, 9.17) is 9.16 Å². The van der Waals surface area contributed by atoms with Crippen LogP contribution in [0.15, 0.2) is 12.2 Å². The fourth-order valence-corrected chi connectivity index (χ4v) is 7.14. The Morgan fingerprint density at radius 1 is 1.31 bits per heavy atom. The van der Waals surface area contributed by atoms with Gasteiger partial charge in [-0.3, -0.25) is 4.79 Å². The summed E-state index contributed by atoms with van der Waals surface area (Å²) in [5.74, 6) is 1.19. The molecule has 3 nitrogen and oxygen atoms in total. The van der Waals surface area contributed by atoms with Crippen LogP contribution in [0.3, 0.4) is 0 Å². The van der Waals surface area contributed by atoms with Crippen LogP contribution in [0.4, 0.5) is 0 Å². The summed E-state index contributed by atoms with van der Waals surface area (Å²) in [4.78, 5) is 12.3. The molecular weight excluding hydrogens is 340 g/mol. The van der Waals surface area contributed by atoms with Crippen molar-refractivity contribution in [3.63, 3.8) is 0 Å². The van der Waals surface area contributed by atoms with Crippen molar-refractivity contribution in [2.24, 2.45) is 17.3 Å². The average Bonchev–Trinajstić information content (AvgIpc) is 2.82. The molecule has 0 amide bonds. The largest absolute Gasteiger partial charge is 0.413 e. The number of hydrogen-bond acceptors (Lipinski definition) is 3. The van der Waals surface area contributed by atoms with Crippen molar-refractivity contribution in [3.05, 3.63) is 12.2 Å². The Labute approximate surface area is 162 Å². The van der Waals surface area contributed by atoms with Crippen molar-refractivity contribution < 1.29 is 14.0 Å². The first kappa shape index (κ1) is 21.8. The second-order valence-corrected chi connectivity index (χ2v) is 14.7. The first-order chi connectivity index (χ1) is 11.9.